The number of halogens is 5. The predicted octanol–water partition coefficient (Wildman–Crippen LogP) is 6.08. The lowest BCUT2D eigenvalue weighted by Crippen LogP contribution is -2.12. The van der Waals surface area contributed by atoms with Crippen molar-refractivity contribution < 1.29 is 0 Å². The Kier molecular flexibility index (Phi) is 4.02. The molecule has 0 atom stereocenters. The van der Waals surface area contributed by atoms with Crippen molar-refractivity contribution >= 4 is 63.6 Å². The SMILES string of the molecule is ClC1=C(c2cc(Cl)ccc2Cl)C=CC(Cl)(Cl)C1. The van der Waals surface area contributed by atoms with Crippen LogP contribution < -0.4 is 0 Å². The summed E-state index contributed by atoms with van der Waals surface area (Å²) in [5, 5.41) is 1.76. The van der Waals surface area contributed by atoms with E-state index >= 15 is 0 Å². The summed E-state index contributed by atoms with van der Waals surface area (Å²) in [6.45, 7) is 0. The van der Waals surface area contributed by atoms with Crippen LogP contribution >= 0.6 is 58.0 Å². The highest BCUT2D eigenvalue weighted by Gasteiger charge is 2.27. The zero-order chi connectivity index (χ0) is 12.6. The highest BCUT2D eigenvalue weighted by molar-refractivity contribution is 6.51. The Morgan fingerprint density at radius 3 is 2.41 bits per heavy atom. The Balaban J connectivity index is 2.48. The topological polar surface area (TPSA) is 0 Å². The Morgan fingerprint density at radius 2 is 1.76 bits per heavy atom. The van der Waals surface area contributed by atoms with Gasteiger partial charge in [0.05, 0.1) is 0 Å². The lowest BCUT2D eigenvalue weighted by molar-refractivity contribution is 0.950. The highest BCUT2D eigenvalue weighted by Crippen LogP contribution is 2.42. The van der Waals surface area contributed by atoms with Crippen molar-refractivity contribution in [2.24, 2.45) is 0 Å². The van der Waals surface area contributed by atoms with Gasteiger partial charge in [-0.2, -0.15) is 0 Å². The van der Waals surface area contributed by atoms with E-state index in [4.69, 9.17) is 58.0 Å². The van der Waals surface area contributed by atoms with Crippen LogP contribution in [0.15, 0.2) is 35.4 Å². The van der Waals surface area contributed by atoms with E-state index in [1.54, 1.807) is 30.4 Å². The molecule has 0 saturated heterocycles. The molecule has 1 aliphatic carbocycles. The van der Waals surface area contributed by atoms with Gasteiger partial charge < -0.3 is 0 Å². The summed E-state index contributed by atoms with van der Waals surface area (Å²) in [5.74, 6) is 0. The molecule has 0 heterocycles. The fourth-order valence-corrected chi connectivity index (χ4v) is 2.89. The zero-order valence-electron chi connectivity index (χ0n) is 8.48. The van der Waals surface area contributed by atoms with Gasteiger partial charge in [-0.15, -0.1) is 0 Å². The quantitative estimate of drug-likeness (QED) is 0.548. The van der Waals surface area contributed by atoms with Crippen molar-refractivity contribution in [1.29, 1.82) is 0 Å². The molecule has 0 amide bonds. The Hall–Kier alpha value is 0.150. The molecule has 5 heteroatoms. The summed E-state index contributed by atoms with van der Waals surface area (Å²) < 4.78 is -0.953. The molecule has 0 spiro atoms. The molecule has 1 aliphatic rings. The van der Waals surface area contributed by atoms with Gasteiger partial charge in [-0.3, -0.25) is 0 Å². The molecule has 90 valence electrons. The number of hydrogen-bond donors (Lipinski definition) is 0. The van der Waals surface area contributed by atoms with Gasteiger partial charge in [0.2, 0.25) is 0 Å². The van der Waals surface area contributed by atoms with Crippen LogP contribution in [0.5, 0.6) is 0 Å². The summed E-state index contributed by atoms with van der Waals surface area (Å²) in [4.78, 5) is 0. The molecule has 0 saturated carbocycles. The second-order valence-electron chi connectivity index (χ2n) is 3.71. The van der Waals surface area contributed by atoms with Gasteiger partial charge in [-0.25, -0.2) is 0 Å². The summed E-state index contributed by atoms with van der Waals surface area (Å²) in [6.07, 6.45) is 3.81. The summed E-state index contributed by atoms with van der Waals surface area (Å²) in [6, 6.07) is 5.22. The van der Waals surface area contributed by atoms with Crippen LogP contribution in [-0.4, -0.2) is 4.33 Å². The average Bonchev–Trinajstić information content (AvgIpc) is 2.21. The van der Waals surface area contributed by atoms with Crippen LogP contribution in [0.2, 0.25) is 10.0 Å². The number of alkyl halides is 2. The molecule has 0 bridgehead atoms. The smallest absolute Gasteiger partial charge is 0.0966 e. The van der Waals surface area contributed by atoms with Crippen molar-refractivity contribution in [1.82, 2.24) is 0 Å². The predicted molar refractivity (Wildman–Crippen MR) is 77.4 cm³/mol. The summed E-state index contributed by atoms with van der Waals surface area (Å²) in [7, 11) is 0. The molecular weight excluding hydrogens is 321 g/mol. The van der Waals surface area contributed by atoms with Gasteiger partial charge in [-0.05, 0) is 29.8 Å². The van der Waals surface area contributed by atoms with Crippen molar-refractivity contribution in [3.63, 3.8) is 0 Å². The minimum atomic E-state index is -0.953. The summed E-state index contributed by atoms with van der Waals surface area (Å²) in [5.41, 5.74) is 1.58. The first kappa shape index (κ1) is 13.6. The lowest BCUT2D eigenvalue weighted by atomic mass is 9.99. The van der Waals surface area contributed by atoms with E-state index < -0.39 is 4.33 Å². The van der Waals surface area contributed by atoms with Crippen LogP contribution in [0.4, 0.5) is 0 Å². The molecule has 0 fully saturated rings. The Labute approximate surface area is 125 Å². The maximum absolute atomic E-state index is 6.18. The maximum atomic E-state index is 6.18. The van der Waals surface area contributed by atoms with Gasteiger partial charge in [0, 0.05) is 27.1 Å². The average molecular weight is 328 g/mol. The third-order valence-electron chi connectivity index (χ3n) is 2.40. The standard InChI is InChI=1S/C12H7Cl5/c13-7-1-2-10(14)9(5-7)8-3-4-12(16,17)6-11(8)15/h1-5H,6H2. The second-order valence-corrected chi connectivity index (χ2v) is 6.56. The maximum Gasteiger partial charge on any atom is 0.141 e. The van der Waals surface area contributed by atoms with Crippen LogP contribution in [0, 0.1) is 0 Å². The minimum absolute atomic E-state index is 0.354. The molecule has 0 N–H and O–H groups in total. The molecule has 2 rings (SSSR count). The summed E-state index contributed by atoms with van der Waals surface area (Å²) >= 11 is 30.2. The minimum Gasteiger partial charge on any atom is -0.0966 e. The van der Waals surface area contributed by atoms with Crippen LogP contribution in [0.3, 0.4) is 0 Å². The van der Waals surface area contributed by atoms with Gasteiger partial charge >= 0.3 is 0 Å². The number of rotatable bonds is 1. The van der Waals surface area contributed by atoms with Gasteiger partial charge in [0.15, 0.2) is 0 Å². The largest absolute Gasteiger partial charge is 0.141 e. The molecule has 0 aliphatic heterocycles. The first-order chi connectivity index (χ1) is 7.89. The van der Waals surface area contributed by atoms with Crippen molar-refractivity contribution in [3.8, 4) is 0 Å². The van der Waals surface area contributed by atoms with E-state index in [0.717, 1.165) is 11.1 Å². The number of benzene rings is 1. The monoisotopic (exact) mass is 326 g/mol. The molecule has 1 aromatic rings. The lowest BCUT2D eigenvalue weighted by Gasteiger charge is -2.21. The molecule has 17 heavy (non-hydrogen) atoms. The molecule has 0 aromatic heterocycles. The van der Waals surface area contributed by atoms with Gasteiger partial charge in [0.25, 0.3) is 0 Å². The van der Waals surface area contributed by atoms with E-state index in [9.17, 15) is 0 Å². The van der Waals surface area contributed by atoms with E-state index in [1.165, 1.54) is 0 Å². The fraction of sp³-hybridized carbons (Fsp3) is 0.167. The Bertz CT molecular complexity index is 514. The van der Waals surface area contributed by atoms with E-state index in [0.29, 0.717) is 21.5 Å². The molecular formula is C12H7Cl5. The second kappa shape index (κ2) is 5.03. The van der Waals surface area contributed by atoms with E-state index in [-0.39, 0.29) is 0 Å². The van der Waals surface area contributed by atoms with Crippen LogP contribution in [-0.2, 0) is 0 Å². The van der Waals surface area contributed by atoms with Gasteiger partial charge in [-0.1, -0.05) is 64.1 Å². The van der Waals surface area contributed by atoms with E-state index in [2.05, 4.69) is 0 Å². The van der Waals surface area contributed by atoms with E-state index in [1.807, 2.05) is 0 Å². The van der Waals surface area contributed by atoms with Crippen LogP contribution in [0.1, 0.15) is 12.0 Å². The first-order valence-electron chi connectivity index (χ1n) is 4.80. The first-order valence-corrected chi connectivity index (χ1v) is 6.69. The van der Waals surface area contributed by atoms with Crippen molar-refractivity contribution in [2.45, 2.75) is 10.8 Å². The molecule has 1 aromatic carbocycles. The van der Waals surface area contributed by atoms with Gasteiger partial charge in [0.1, 0.15) is 4.33 Å². The zero-order valence-corrected chi connectivity index (χ0v) is 12.3. The number of allylic oxidation sites excluding steroid dienone is 4. The highest BCUT2D eigenvalue weighted by atomic mass is 35.5. The van der Waals surface area contributed by atoms with Crippen molar-refractivity contribution in [2.75, 3.05) is 0 Å². The van der Waals surface area contributed by atoms with Crippen LogP contribution in [0.25, 0.3) is 5.57 Å². The van der Waals surface area contributed by atoms with Crippen molar-refractivity contribution in [3.05, 3.63) is 51.0 Å². The normalized spacial score (nSPS) is 18.6. The molecule has 0 unspecified atom stereocenters. The fourth-order valence-electron chi connectivity index (χ4n) is 1.60. The molecule has 0 radical (unpaired) electrons. The molecule has 0 nitrogen and oxygen atoms in total. The third kappa shape index (κ3) is 3.13. The Morgan fingerprint density at radius 1 is 1.06 bits per heavy atom. The third-order valence-corrected chi connectivity index (χ3v) is 3.82. The number of hydrogen-bond acceptors (Lipinski definition) is 0.